The fourth-order valence-corrected chi connectivity index (χ4v) is 2.18. The molecule has 0 spiro atoms. The summed E-state index contributed by atoms with van der Waals surface area (Å²) in [5.74, 6) is -1.02. The third-order valence-electron chi connectivity index (χ3n) is 2.14. The van der Waals surface area contributed by atoms with E-state index in [1.54, 1.807) is 18.5 Å². The van der Waals surface area contributed by atoms with E-state index < -0.39 is 5.97 Å². The molecule has 0 amide bonds. The van der Waals surface area contributed by atoms with Gasteiger partial charge in [0.1, 0.15) is 10.2 Å². The molecule has 2 aromatic heterocycles. The van der Waals surface area contributed by atoms with E-state index >= 15 is 0 Å². The lowest BCUT2D eigenvalue weighted by Crippen LogP contribution is -2.04. The highest BCUT2D eigenvalue weighted by Crippen LogP contribution is 2.29. The van der Waals surface area contributed by atoms with Crippen molar-refractivity contribution in [2.45, 2.75) is 6.92 Å². The minimum atomic E-state index is -1.02. The van der Waals surface area contributed by atoms with Crippen molar-refractivity contribution in [1.82, 2.24) is 9.97 Å². The zero-order valence-corrected chi connectivity index (χ0v) is 9.84. The van der Waals surface area contributed by atoms with Crippen molar-refractivity contribution in [3.8, 4) is 10.6 Å². The van der Waals surface area contributed by atoms with Crippen LogP contribution in [0.2, 0.25) is 5.15 Å². The normalized spacial score (nSPS) is 10.4. The fourth-order valence-electron chi connectivity index (χ4n) is 1.38. The topological polar surface area (TPSA) is 63.1 Å². The van der Waals surface area contributed by atoms with Gasteiger partial charge in [0, 0.05) is 28.9 Å². The van der Waals surface area contributed by atoms with Crippen molar-refractivity contribution < 1.29 is 9.90 Å². The molecule has 6 heteroatoms. The predicted octanol–water partition coefficient (Wildman–Crippen LogP) is 2.87. The summed E-state index contributed by atoms with van der Waals surface area (Å²) in [6, 6.07) is 0. The summed E-state index contributed by atoms with van der Waals surface area (Å²) in [6.45, 7) is 1.63. The van der Waals surface area contributed by atoms with Crippen LogP contribution in [0.1, 0.15) is 15.9 Å². The van der Waals surface area contributed by atoms with E-state index in [9.17, 15) is 4.79 Å². The van der Waals surface area contributed by atoms with E-state index in [0.29, 0.717) is 16.1 Å². The molecular weight excluding hydrogens is 248 g/mol. The Kier molecular flexibility index (Phi) is 2.89. The number of pyridine rings is 1. The molecule has 0 atom stereocenters. The number of carbonyl (C=O) groups is 1. The molecule has 0 aromatic carbocycles. The number of hydrogen-bond acceptors (Lipinski definition) is 4. The number of rotatable bonds is 2. The number of aromatic nitrogens is 2. The van der Waals surface area contributed by atoms with Crippen LogP contribution in [0.3, 0.4) is 0 Å². The Morgan fingerprint density at radius 2 is 2.25 bits per heavy atom. The molecule has 0 radical (unpaired) electrons. The molecule has 0 saturated carbocycles. The average Bonchev–Trinajstić information content (AvgIpc) is 2.74. The zero-order chi connectivity index (χ0) is 11.7. The third-order valence-corrected chi connectivity index (χ3v) is 3.32. The Balaban J connectivity index is 2.71. The summed E-state index contributed by atoms with van der Waals surface area (Å²) in [5, 5.41) is 11.8. The number of nitrogens with zero attached hydrogens (tertiary/aromatic N) is 2. The molecule has 1 N–H and O–H groups in total. The lowest BCUT2D eigenvalue weighted by atomic mass is 10.1. The Hall–Kier alpha value is -1.46. The van der Waals surface area contributed by atoms with E-state index in [2.05, 4.69) is 9.97 Å². The highest BCUT2D eigenvalue weighted by atomic mass is 35.5. The summed E-state index contributed by atoms with van der Waals surface area (Å²) in [4.78, 5) is 19.2. The second-order valence-corrected chi connectivity index (χ2v) is 4.36. The lowest BCUT2D eigenvalue weighted by Gasteiger charge is -2.07. The molecule has 0 aliphatic heterocycles. The maximum Gasteiger partial charge on any atom is 0.336 e. The van der Waals surface area contributed by atoms with Crippen LogP contribution < -0.4 is 0 Å². The van der Waals surface area contributed by atoms with Gasteiger partial charge in [0.25, 0.3) is 0 Å². The van der Waals surface area contributed by atoms with Gasteiger partial charge in [-0.3, -0.25) is 0 Å². The highest BCUT2D eigenvalue weighted by molar-refractivity contribution is 7.13. The molecule has 0 unspecified atom stereocenters. The van der Waals surface area contributed by atoms with Gasteiger partial charge in [-0.15, -0.1) is 11.3 Å². The molecule has 4 nitrogen and oxygen atoms in total. The maximum absolute atomic E-state index is 11.2. The van der Waals surface area contributed by atoms with Gasteiger partial charge in [-0.05, 0) is 6.92 Å². The summed E-state index contributed by atoms with van der Waals surface area (Å²) in [6.07, 6.45) is 3.06. The van der Waals surface area contributed by atoms with Crippen molar-refractivity contribution in [3.63, 3.8) is 0 Å². The highest BCUT2D eigenvalue weighted by Gasteiger charge is 2.19. The summed E-state index contributed by atoms with van der Waals surface area (Å²) in [5.41, 5.74) is 1.13. The molecule has 0 aliphatic rings. The Morgan fingerprint density at radius 3 is 2.81 bits per heavy atom. The monoisotopic (exact) mass is 254 g/mol. The van der Waals surface area contributed by atoms with Crippen LogP contribution in [0.4, 0.5) is 0 Å². The van der Waals surface area contributed by atoms with Crippen LogP contribution >= 0.6 is 22.9 Å². The smallest absolute Gasteiger partial charge is 0.336 e. The molecule has 0 aliphatic carbocycles. The number of thiazole rings is 1. The standard InChI is InChI=1S/C10H7ClN2O2S/c1-5-7(10(14)15)6(4-13-8(5)11)9-12-2-3-16-9/h2-4H,1H3,(H,14,15). The van der Waals surface area contributed by atoms with E-state index in [4.69, 9.17) is 16.7 Å². The van der Waals surface area contributed by atoms with Gasteiger partial charge >= 0.3 is 5.97 Å². The molecule has 16 heavy (non-hydrogen) atoms. The van der Waals surface area contributed by atoms with E-state index in [1.165, 1.54) is 17.5 Å². The first-order valence-electron chi connectivity index (χ1n) is 4.39. The van der Waals surface area contributed by atoms with Crippen LogP contribution in [0.5, 0.6) is 0 Å². The van der Waals surface area contributed by atoms with E-state index in [0.717, 1.165) is 0 Å². The van der Waals surface area contributed by atoms with Crippen molar-refractivity contribution in [1.29, 1.82) is 0 Å². The number of carboxylic acids is 1. The van der Waals surface area contributed by atoms with Gasteiger partial charge in [-0.25, -0.2) is 14.8 Å². The minimum Gasteiger partial charge on any atom is -0.478 e. The maximum atomic E-state index is 11.2. The van der Waals surface area contributed by atoms with Gasteiger partial charge in [-0.2, -0.15) is 0 Å². The summed E-state index contributed by atoms with van der Waals surface area (Å²) in [7, 11) is 0. The first-order chi connectivity index (χ1) is 7.61. The number of aromatic carboxylic acids is 1. The van der Waals surface area contributed by atoms with Crippen LogP contribution in [0.15, 0.2) is 17.8 Å². The summed E-state index contributed by atoms with van der Waals surface area (Å²) >= 11 is 7.16. The van der Waals surface area contributed by atoms with Crippen molar-refractivity contribution in [2.24, 2.45) is 0 Å². The summed E-state index contributed by atoms with van der Waals surface area (Å²) < 4.78 is 0. The molecule has 82 valence electrons. The molecule has 2 aromatic rings. The zero-order valence-electron chi connectivity index (χ0n) is 8.27. The van der Waals surface area contributed by atoms with Crippen molar-refractivity contribution >= 4 is 28.9 Å². The quantitative estimate of drug-likeness (QED) is 0.837. The molecule has 2 rings (SSSR count). The first kappa shape index (κ1) is 11.0. The Bertz CT molecular complexity index is 540. The van der Waals surface area contributed by atoms with Crippen LogP contribution in [0, 0.1) is 6.92 Å². The Labute approximate surface area is 101 Å². The lowest BCUT2D eigenvalue weighted by molar-refractivity contribution is 0.0697. The second-order valence-electron chi connectivity index (χ2n) is 3.11. The minimum absolute atomic E-state index is 0.162. The third kappa shape index (κ3) is 1.79. The van der Waals surface area contributed by atoms with Crippen LogP contribution in [0.25, 0.3) is 10.6 Å². The van der Waals surface area contributed by atoms with Gasteiger partial charge in [0.2, 0.25) is 0 Å². The largest absolute Gasteiger partial charge is 0.478 e. The predicted molar refractivity (Wildman–Crippen MR) is 62.1 cm³/mol. The van der Waals surface area contributed by atoms with Gasteiger partial charge in [-0.1, -0.05) is 11.6 Å². The average molecular weight is 255 g/mol. The molecule has 2 heterocycles. The van der Waals surface area contributed by atoms with Gasteiger partial charge < -0.3 is 5.11 Å². The Morgan fingerprint density at radius 1 is 1.50 bits per heavy atom. The van der Waals surface area contributed by atoms with E-state index in [-0.39, 0.29) is 10.7 Å². The molecule has 0 bridgehead atoms. The van der Waals surface area contributed by atoms with Crippen LogP contribution in [-0.2, 0) is 0 Å². The number of carboxylic acid groups (broad SMARTS) is 1. The first-order valence-corrected chi connectivity index (χ1v) is 5.65. The van der Waals surface area contributed by atoms with E-state index in [1.807, 2.05) is 0 Å². The molecule has 0 fully saturated rings. The SMILES string of the molecule is Cc1c(Cl)ncc(-c2nccs2)c1C(=O)O. The molecular formula is C10H7ClN2O2S. The van der Waals surface area contributed by atoms with Crippen molar-refractivity contribution in [2.75, 3.05) is 0 Å². The van der Waals surface area contributed by atoms with Crippen LogP contribution in [-0.4, -0.2) is 21.0 Å². The van der Waals surface area contributed by atoms with Gasteiger partial charge in [0.15, 0.2) is 0 Å². The second kappa shape index (κ2) is 4.19. The number of hydrogen-bond donors (Lipinski definition) is 1. The molecule has 0 saturated heterocycles. The van der Waals surface area contributed by atoms with Crippen molar-refractivity contribution in [3.05, 3.63) is 34.1 Å². The van der Waals surface area contributed by atoms with Gasteiger partial charge in [0.05, 0.1) is 5.56 Å². The fraction of sp³-hybridized carbons (Fsp3) is 0.100. The number of halogens is 1.